The molecule has 1 aliphatic rings. The molecule has 1 fully saturated rings. The lowest BCUT2D eigenvalue weighted by Gasteiger charge is -2.15. The summed E-state index contributed by atoms with van der Waals surface area (Å²) in [5.41, 5.74) is 0.934. The quantitative estimate of drug-likeness (QED) is 0.756. The Morgan fingerprint density at radius 3 is 3.07 bits per heavy atom. The summed E-state index contributed by atoms with van der Waals surface area (Å²) < 4.78 is 5.09. The van der Waals surface area contributed by atoms with Gasteiger partial charge in [-0.25, -0.2) is 4.98 Å². The highest BCUT2D eigenvalue weighted by molar-refractivity contribution is 5.04. The van der Waals surface area contributed by atoms with Crippen molar-refractivity contribution in [3.63, 3.8) is 0 Å². The molecule has 1 heterocycles. The number of nitrogens with one attached hydrogen (secondary N) is 1. The zero-order valence-electron chi connectivity index (χ0n) is 8.36. The molecule has 0 aliphatic heterocycles. The summed E-state index contributed by atoms with van der Waals surface area (Å²) in [5.74, 6) is 0.852. The Labute approximate surface area is 83.3 Å². The Hall–Kier alpha value is -0.870. The summed E-state index contributed by atoms with van der Waals surface area (Å²) in [6.07, 6.45) is 4.34. The Balaban J connectivity index is 1.85. The first-order chi connectivity index (χ1) is 6.77. The number of aliphatic hydroxyl groups excluding tert-OH is 1. The summed E-state index contributed by atoms with van der Waals surface area (Å²) in [7, 11) is 0. The summed E-state index contributed by atoms with van der Waals surface area (Å²) >= 11 is 0. The minimum atomic E-state index is -0.192. The van der Waals surface area contributed by atoms with E-state index in [4.69, 9.17) is 4.42 Å². The molecule has 78 valence electrons. The number of aliphatic hydroxyl groups is 1. The van der Waals surface area contributed by atoms with Crippen LogP contribution in [0.4, 0.5) is 0 Å². The van der Waals surface area contributed by atoms with Crippen LogP contribution in [0.25, 0.3) is 0 Å². The molecule has 0 spiro atoms. The average Bonchev–Trinajstić information content (AvgIpc) is 2.72. The maximum Gasteiger partial charge on any atom is 0.181 e. The molecule has 0 saturated heterocycles. The zero-order valence-corrected chi connectivity index (χ0v) is 8.36. The van der Waals surface area contributed by atoms with Gasteiger partial charge in [0.15, 0.2) is 6.39 Å². The number of hydrogen-bond acceptors (Lipinski definition) is 4. The molecule has 1 aromatic heterocycles. The van der Waals surface area contributed by atoms with Gasteiger partial charge in [0.2, 0.25) is 0 Å². The average molecular weight is 196 g/mol. The number of aromatic nitrogens is 1. The lowest BCUT2D eigenvalue weighted by Crippen LogP contribution is -2.35. The molecular weight excluding hydrogens is 180 g/mol. The van der Waals surface area contributed by atoms with E-state index >= 15 is 0 Å². The summed E-state index contributed by atoms with van der Waals surface area (Å²) in [6.45, 7) is 2.58. The molecule has 4 nitrogen and oxygen atoms in total. The van der Waals surface area contributed by atoms with E-state index in [-0.39, 0.29) is 12.1 Å². The molecule has 0 bridgehead atoms. The second-order valence-electron chi connectivity index (χ2n) is 3.84. The van der Waals surface area contributed by atoms with Gasteiger partial charge in [0.1, 0.15) is 5.76 Å². The molecule has 0 radical (unpaired) electrons. The Kier molecular flexibility index (Phi) is 2.84. The predicted molar refractivity (Wildman–Crippen MR) is 51.7 cm³/mol. The number of hydrogen-bond donors (Lipinski definition) is 2. The van der Waals surface area contributed by atoms with Crippen LogP contribution in [0.1, 0.15) is 30.7 Å². The predicted octanol–water partition coefficient (Wildman–Crippen LogP) is 0.986. The fourth-order valence-corrected chi connectivity index (χ4v) is 1.90. The van der Waals surface area contributed by atoms with Crippen molar-refractivity contribution in [1.82, 2.24) is 10.3 Å². The van der Waals surface area contributed by atoms with Gasteiger partial charge in [0.05, 0.1) is 11.8 Å². The van der Waals surface area contributed by atoms with Crippen molar-refractivity contribution in [3.05, 3.63) is 17.8 Å². The molecule has 0 unspecified atom stereocenters. The molecule has 2 rings (SSSR count). The third-order valence-corrected chi connectivity index (χ3v) is 2.86. The first-order valence-corrected chi connectivity index (χ1v) is 5.08. The van der Waals surface area contributed by atoms with Gasteiger partial charge in [-0.05, 0) is 26.2 Å². The molecule has 4 heteroatoms. The van der Waals surface area contributed by atoms with E-state index in [1.54, 1.807) is 0 Å². The molecule has 2 N–H and O–H groups in total. The highest BCUT2D eigenvalue weighted by atomic mass is 16.3. The normalized spacial score (nSPS) is 27.0. The fraction of sp³-hybridized carbons (Fsp3) is 0.700. The van der Waals surface area contributed by atoms with Gasteiger partial charge in [-0.2, -0.15) is 0 Å². The number of nitrogens with zero attached hydrogens (tertiary/aromatic N) is 1. The second kappa shape index (κ2) is 4.11. The highest BCUT2D eigenvalue weighted by Crippen LogP contribution is 2.19. The van der Waals surface area contributed by atoms with Crippen molar-refractivity contribution < 1.29 is 9.52 Å². The second-order valence-corrected chi connectivity index (χ2v) is 3.84. The lowest BCUT2D eigenvalue weighted by atomic mass is 10.2. The van der Waals surface area contributed by atoms with E-state index in [0.717, 1.165) is 30.7 Å². The van der Waals surface area contributed by atoms with Gasteiger partial charge < -0.3 is 14.8 Å². The summed E-state index contributed by atoms with van der Waals surface area (Å²) in [4.78, 5) is 4.09. The van der Waals surface area contributed by atoms with Gasteiger partial charge >= 0.3 is 0 Å². The van der Waals surface area contributed by atoms with Crippen molar-refractivity contribution in [3.8, 4) is 0 Å². The van der Waals surface area contributed by atoms with Crippen LogP contribution in [-0.2, 0) is 6.54 Å². The van der Waals surface area contributed by atoms with Crippen LogP contribution in [-0.4, -0.2) is 22.2 Å². The van der Waals surface area contributed by atoms with E-state index in [1.807, 2.05) is 6.92 Å². The zero-order chi connectivity index (χ0) is 9.97. The van der Waals surface area contributed by atoms with Gasteiger partial charge in [0.25, 0.3) is 0 Å². The minimum Gasteiger partial charge on any atom is -0.448 e. The van der Waals surface area contributed by atoms with Crippen LogP contribution in [0, 0.1) is 6.92 Å². The van der Waals surface area contributed by atoms with E-state index in [1.165, 1.54) is 6.39 Å². The van der Waals surface area contributed by atoms with Gasteiger partial charge in [-0.15, -0.1) is 0 Å². The molecule has 1 aliphatic carbocycles. The molecule has 1 saturated carbocycles. The van der Waals surface area contributed by atoms with Crippen LogP contribution in [0.2, 0.25) is 0 Å². The molecule has 0 aromatic carbocycles. The SMILES string of the molecule is Cc1ocnc1CN[C@@H]1CCC[C@H]1O. The van der Waals surface area contributed by atoms with Gasteiger partial charge in [-0.3, -0.25) is 0 Å². The first kappa shape index (κ1) is 9.68. The maximum atomic E-state index is 9.58. The summed E-state index contributed by atoms with van der Waals surface area (Å²) in [5, 5.41) is 12.9. The Morgan fingerprint density at radius 2 is 2.50 bits per heavy atom. The maximum absolute atomic E-state index is 9.58. The van der Waals surface area contributed by atoms with E-state index < -0.39 is 0 Å². The van der Waals surface area contributed by atoms with Crippen molar-refractivity contribution in [1.29, 1.82) is 0 Å². The molecule has 14 heavy (non-hydrogen) atoms. The largest absolute Gasteiger partial charge is 0.448 e. The topological polar surface area (TPSA) is 58.3 Å². The van der Waals surface area contributed by atoms with E-state index in [0.29, 0.717) is 6.54 Å². The van der Waals surface area contributed by atoms with Crippen LogP contribution in [0.3, 0.4) is 0 Å². The molecule has 0 amide bonds. The van der Waals surface area contributed by atoms with Crippen LogP contribution >= 0.6 is 0 Å². The van der Waals surface area contributed by atoms with E-state index in [9.17, 15) is 5.11 Å². The van der Waals surface area contributed by atoms with Crippen LogP contribution in [0.15, 0.2) is 10.8 Å². The fourth-order valence-electron chi connectivity index (χ4n) is 1.90. The Morgan fingerprint density at radius 1 is 1.64 bits per heavy atom. The highest BCUT2D eigenvalue weighted by Gasteiger charge is 2.24. The molecular formula is C10H16N2O2. The van der Waals surface area contributed by atoms with Crippen molar-refractivity contribution in [2.45, 2.75) is 44.9 Å². The number of rotatable bonds is 3. The monoisotopic (exact) mass is 196 g/mol. The number of aryl methyl sites for hydroxylation is 1. The lowest BCUT2D eigenvalue weighted by molar-refractivity contribution is 0.148. The smallest absolute Gasteiger partial charge is 0.181 e. The van der Waals surface area contributed by atoms with Gasteiger partial charge in [0, 0.05) is 12.6 Å². The van der Waals surface area contributed by atoms with Crippen molar-refractivity contribution in [2.24, 2.45) is 0 Å². The van der Waals surface area contributed by atoms with Crippen LogP contribution < -0.4 is 5.32 Å². The molecule has 1 aromatic rings. The van der Waals surface area contributed by atoms with Crippen molar-refractivity contribution >= 4 is 0 Å². The van der Waals surface area contributed by atoms with Gasteiger partial charge in [-0.1, -0.05) is 0 Å². The first-order valence-electron chi connectivity index (χ1n) is 5.08. The summed E-state index contributed by atoms with van der Waals surface area (Å²) in [6, 6.07) is 0.228. The van der Waals surface area contributed by atoms with Crippen LogP contribution in [0.5, 0.6) is 0 Å². The Bertz CT molecular complexity index is 298. The van der Waals surface area contributed by atoms with E-state index in [2.05, 4.69) is 10.3 Å². The third-order valence-electron chi connectivity index (χ3n) is 2.86. The minimum absolute atomic E-state index is 0.192. The number of oxazole rings is 1. The van der Waals surface area contributed by atoms with Crippen molar-refractivity contribution in [2.75, 3.05) is 0 Å². The standard InChI is InChI=1S/C10H16N2O2/c1-7-9(12-6-14-7)5-11-8-3-2-4-10(8)13/h6,8,10-11,13H,2-5H2,1H3/t8-,10-/m1/s1. The molecule has 2 atom stereocenters. The third kappa shape index (κ3) is 1.96.